The molecule has 20 heavy (non-hydrogen) atoms. The van der Waals surface area contributed by atoms with Gasteiger partial charge in [-0.05, 0) is 46.1 Å². The number of nitrogens with zero attached hydrogens (tertiary/aromatic N) is 1. The van der Waals surface area contributed by atoms with E-state index in [4.69, 9.17) is 5.11 Å². The number of rotatable bonds is 4. The Morgan fingerprint density at radius 1 is 1.40 bits per heavy atom. The zero-order valence-corrected chi connectivity index (χ0v) is 11.8. The first-order valence-electron chi connectivity index (χ1n) is 5.84. The second kappa shape index (κ2) is 5.47. The number of carboxylic acids is 1. The summed E-state index contributed by atoms with van der Waals surface area (Å²) in [5.74, 6) is -1.03. The first-order chi connectivity index (χ1) is 9.28. The topological polar surface area (TPSA) is 41.7 Å². The van der Waals surface area contributed by atoms with Crippen LogP contribution in [-0.2, 0) is 17.6 Å². The molecule has 0 unspecified atom stereocenters. The number of aromatic nitrogens is 1. The fraction of sp³-hybridized carbons (Fsp3) is 0.308. The minimum Gasteiger partial charge on any atom is -0.481 e. The van der Waals surface area contributed by atoms with Crippen molar-refractivity contribution >= 4 is 27.4 Å². The highest BCUT2D eigenvalue weighted by molar-refractivity contribution is 9.10. The summed E-state index contributed by atoms with van der Waals surface area (Å²) in [5.41, 5.74) is 1.11. The Hall–Kier alpha value is -1.50. The van der Waals surface area contributed by atoms with E-state index in [-0.39, 0.29) is 18.5 Å². The molecule has 2 rings (SSSR count). The van der Waals surface area contributed by atoms with Crippen molar-refractivity contribution in [2.45, 2.75) is 25.4 Å². The molecule has 0 aromatic carbocycles. The third-order valence-corrected chi connectivity index (χ3v) is 3.60. The van der Waals surface area contributed by atoms with E-state index in [1.807, 2.05) is 0 Å². The molecule has 0 saturated heterocycles. The molecule has 7 heteroatoms. The van der Waals surface area contributed by atoms with Gasteiger partial charge in [-0.3, -0.25) is 4.79 Å². The minimum atomic E-state index is -4.34. The zero-order chi connectivity index (χ0) is 14.9. The molecule has 108 valence electrons. The lowest BCUT2D eigenvalue weighted by Gasteiger charge is -2.09. The van der Waals surface area contributed by atoms with Gasteiger partial charge in [0.15, 0.2) is 0 Å². The first-order valence-corrected chi connectivity index (χ1v) is 6.63. The smallest absolute Gasteiger partial charge is 0.394 e. The van der Waals surface area contributed by atoms with E-state index in [1.54, 1.807) is 24.4 Å². The normalized spacial score (nSPS) is 12.0. The summed E-state index contributed by atoms with van der Waals surface area (Å²) in [5, 5.41) is 8.69. The molecule has 1 N–H and O–H groups in total. The third-order valence-electron chi connectivity index (χ3n) is 2.93. The lowest BCUT2D eigenvalue weighted by Crippen LogP contribution is -2.15. The van der Waals surface area contributed by atoms with Crippen LogP contribution in [-0.4, -0.2) is 21.7 Å². The van der Waals surface area contributed by atoms with Crippen LogP contribution in [0.15, 0.2) is 28.9 Å². The van der Waals surface area contributed by atoms with Gasteiger partial charge in [0.05, 0.1) is 11.9 Å². The molecule has 0 aliphatic carbocycles. The summed E-state index contributed by atoms with van der Waals surface area (Å²) in [6, 6.07) is 4.97. The number of fused-ring (bicyclic) bond motifs is 1. The van der Waals surface area contributed by atoms with Crippen LogP contribution >= 0.6 is 15.9 Å². The summed E-state index contributed by atoms with van der Waals surface area (Å²) >= 11 is 3.29. The van der Waals surface area contributed by atoms with Crippen molar-refractivity contribution in [1.29, 1.82) is 0 Å². The van der Waals surface area contributed by atoms with Gasteiger partial charge in [-0.25, -0.2) is 0 Å². The summed E-state index contributed by atoms with van der Waals surface area (Å²) in [6.45, 7) is 0. The maximum Gasteiger partial charge on any atom is 0.394 e. The molecule has 0 aliphatic rings. The molecule has 0 saturated carbocycles. The number of aryl methyl sites for hydroxylation is 1. The number of carbonyl (C=O) groups is 1. The van der Waals surface area contributed by atoms with Gasteiger partial charge in [0.2, 0.25) is 0 Å². The Kier molecular flexibility index (Phi) is 4.08. The van der Waals surface area contributed by atoms with Gasteiger partial charge in [-0.2, -0.15) is 13.2 Å². The first kappa shape index (κ1) is 14.9. The predicted molar refractivity (Wildman–Crippen MR) is 70.8 cm³/mol. The molecule has 2 heterocycles. The SMILES string of the molecule is O=C(O)CCc1cc2c(Br)cccn2c1CC(F)(F)F. The van der Waals surface area contributed by atoms with E-state index < -0.39 is 18.6 Å². The molecule has 3 nitrogen and oxygen atoms in total. The predicted octanol–water partition coefficient (Wildman–Crippen LogP) is 3.82. The van der Waals surface area contributed by atoms with Crippen molar-refractivity contribution < 1.29 is 23.1 Å². The summed E-state index contributed by atoms with van der Waals surface area (Å²) in [4.78, 5) is 10.6. The van der Waals surface area contributed by atoms with Gasteiger partial charge < -0.3 is 9.51 Å². The van der Waals surface area contributed by atoms with E-state index >= 15 is 0 Å². The van der Waals surface area contributed by atoms with Gasteiger partial charge >= 0.3 is 12.1 Å². The fourth-order valence-corrected chi connectivity index (χ4v) is 2.58. The molecule has 0 fully saturated rings. The van der Waals surface area contributed by atoms with Gasteiger partial charge in [0.1, 0.15) is 0 Å². The van der Waals surface area contributed by atoms with Crippen molar-refractivity contribution in [2.75, 3.05) is 0 Å². The van der Waals surface area contributed by atoms with Crippen LogP contribution in [0.3, 0.4) is 0 Å². The van der Waals surface area contributed by atoms with Gasteiger partial charge in [-0.15, -0.1) is 0 Å². The highest BCUT2D eigenvalue weighted by atomic mass is 79.9. The maximum atomic E-state index is 12.7. The molecule has 2 aromatic rings. The Balaban J connectivity index is 2.50. The Labute approximate surface area is 121 Å². The van der Waals surface area contributed by atoms with Gasteiger partial charge in [0.25, 0.3) is 0 Å². The molecule has 2 aromatic heterocycles. The van der Waals surface area contributed by atoms with Crippen molar-refractivity contribution in [3.8, 4) is 0 Å². The van der Waals surface area contributed by atoms with Crippen LogP contribution in [0.1, 0.15) is 17.7 Å². The number of halogens is 4. The van der Waals surface area contributed by atoms with E-state index in [2.05, 4.69) is 15.9 Å². The Bertz CT molecular complexity index is 649. The second-order valence-electron chi connectivity index (χ2n) is 4.41. The number of hydrogen-bond acceptors (Lipinski definition) is 1. The molecule has 0 aliphatic heterocycles. The summed E-state index contributed by atoms with van der Waals surface area (Å²) < 4.78 is 40.2. The quantitative estimate of drug-likeness (QED) is 0.911. The van der Waals surface area contributed by atoms with Crippen LogP contribution in [0.5, 0.6) is 0 Å². The maximum absolute atomic E-state index is 12.7. The second-order valence-corrected chi connectivity index (χ2v) is 5.27. The molecule has 0 atom stereocenters. The van der Waals surface area contributed by atoms with E-state index in [0.717, 1.165) is 0 Å². The molecule has 0 bridgehead atoms. The van der Waals surface area contributed by atoms with Crippen molar-refractivity contribution in [1.82, 2.24) is 4.40 Å². The Morgan fingerprint density at radius 2 is 2.10 bits per heavy atom. The van der Waals surface area contributed by atoms with Crippen LogP contribution in [0.4, 0.5) is 13.2 Å². The monoisotopic (exact) mass is 349 g/mol. The number of pyridine rings is 1. The van der Waals surface area contributed by atoms with Crippen LogP contribution in [0.2, 0.25) is 0 Å². The largest absolute Gasteiger partial charge is 0.481 e. The lowest BCUT2D eigenvalue weighted by atomic mass is 10.1. The average Bonchev–Trinajstić information content (AvgIpc) is 2.65. The molecular weight excluding hydrogens is 339 g/mol. The molecule has 0 spiro atoms. The van der Waals surface area contributed by atoms with Crippen molar-refractivity contribution in [2.24, 2.45) is 0 Å². The van der Waals surface area contributed by atoms with Gasteiger partial charge in [0, 0.05) is 22.8 Å². The molecular formula is C13H11BrF3NO2. The molecule has 0 radical (unpaired) electrons. The summed E-state index contributed by atoms with van der Waals surface area (Å²) in [6.07, 6.45) is -3.99. The van der Waals surface area contributed by atoms with Crippen molar-refractivity contribution in [3.05, 3.63) is 40.1 Å². The van der Waals surface area contributed by atoms with Crippen molar-refractivity contribution in [3.63, 3.8) is 0 Å². The number of aliphatic carboxylic acids is 1. The average molecular weight is 350 g/mol. The summed E-state index contributed by atoms with van der Waals surface area (Å²) in [7, 11) is 0. The minimum absolute atomic E-state index is 0.0782. The van der Waals surface area contributed by atoms with Crippen LogP contribution < -0.4 is 0 Å². The van der Waals surface area contributed by atoms with Crippen LogP contribution in [0, 0.1) is 0 Å². The third kappa shape index (κ3) is 3.33. The number of hydrogen-bond donors (Lipinski definition) is 1. The number of alkyl halides is 3. The highest BCUT2D eigenvalue weighted by Crippen LogP contribution is 2.29. The highest BCUT2D eigenvalue weighted by Gasteiger charge is 2.31. The number of carboxylic acid groups (broad SMARTS) is 1. The zero-order valence-electron chi connectivity index (χ0n) is 10.2. The van der Waals surface area contributed by atoms with E-state index in [9.17, 15) is 18.0 Å². The van der Waals surface area contributed by atoms with Crippen LogP contribution in [0.25, 0.3) is 5.52 Å². The molecule has 0 amide bonds. The van der Waals surface area contributed by atoms with E-state index in [1.165, 1.54) is 4.40 Å². The Morgan fingerprint density at radius 3 is 2.70 bits per heavy atom. The fourth-order valence-electron chi connectivity index (χ4n) is 2.12. The van der Waals surface area contributed by atoms with Gasteiger partial charge in [-0.1, -0.05) is 0 Å². The standard InChI is InChI=1S/C13H11BrF3NO2/c14-9-2-1-5-18-10(9)6-8(3-4-12(19)20)11(18)7-13(15,16)17/h1-2,5-6H,3-4,7H2,(H,19,20). The lowest BCUT2D eigenvalue weighted by molar-refractivity contribution is -0.136. The van der Waals surface area contributed by atoms with E-state index in [0.29, 0.717) is 15.6 Å².